The number of benzene rings is 2. The predicted molar refractivity (Wildman–Crippen MR) is 107 cm³/mol. The van der Waals surface area contributed by atoms with Gasteiger partial charge in [0.25, 0.3) is 5.56 Å². The highest BCUT2D eigenvalue weighted by Crippen LogP contribution is 2.23. The molecule has 0 spiro atoms. The number of halogens is 2. The van der Waals surface area contributed by atoms with Gasteiger partial charge in [-0.3, -0.25) is 14.3 Å². The maximum atomic E-state index is 13.7. The lowest BCUT2D eigenvalue weighted by molar-refractivity contribution is 0.511. The van der Waals surface area contributed by atoms with E-state index in [1.165, 1.54) is 29.0 Å². The van der Waals surface area contributed by atoms with E-state index in [0.29, 0.717) is 21.9 Å². The number of nitrogens with zero attached hydrogens (tertiary/aromatic N) is 3. The van der Waals surface area contributed by atoms with Crippen LogP contribution in [0.25, 0.3) is 28.4 Å². The summed E-state index contributed by atoms with van der Waals surface area (Å²) in [5.41, 5.74) is 0.488. The van der Waals surface area contributed by atoms with Crippen molar-refractivity contribution in [2.75, 3.05) is 0 Å². The molecule has 0 aliphatic rings. The van der Waals surface area contributed by atoms with Crippen molar-refractivity contribution in [2.24, 2.45) is 0 Å². The molecule has 138 valence electrons. The molecule has 1 N–H and O–H groups in total. The molecule has 0 radical (unpaired) electrons. The minimum atomic E-state index is -0.545. The molecule has 0 unspecified atom stereocenters. The second kappa shape index (κ2) is 7.25. The third kappa shape index (κ3) is 3.25. The second-order valence-electron chi connectivity index (χ2n) is 5.97. The van der Waals surface area contributed by atoms with Crippen LogP contribution in [-0.2, 0) is 0 Å². The largest absolute Gasteiger partial charge is 0.506 e. The third-order valence-corrected chi connectivity index (χ3v) is 4.46. The van der Waals surface area contributed by atoms with E-state index in [1.807, 2.05) is 0 Å². The standard InChI is InChI=1S/C21H13ClFN3O2/c22-15-5-1-2-7-18(15)26-20(12-19(27)17-6-3-4-10-24-17)25-16-9-8-13(23)11-14(16)21(26)28/h1-12,27H. The van der Waals surface area contributed by atoms with Gasteiger partial charge in [-0.05, 0) is 42.5 Å². The van der Waals surface area contributed by atoms with Crippen molar-refractivity contribution in [1.29, 1.82) is 0 Å². The lowest BCUT2D eigenvalue weighted by Crippen LogP contribution is -2.23. The van der Waals surface area contributed by atoms with E-state index in [1.54, 1.807) is 42.5 Å². The quantitative estimate of drug-likeness (QED) is 0.515. The highest BCUT2D eigenvalue weighted by Gasteiger charge is 2.15. The van der Waals surface area contributed by atoms with Crippen LogP contribution in [0.1, 0.15) is 11.5 Å². The Labute approximate surface area is 164 Å². The number of fused-ring (bicyclic) bond motifs is 1. The second-order valence-corrected chi connectivity index (χ2v) is 6.38. The normalized spacial score (nSPS) is 11.7. The third-order valence-electron chi connectivity index (χ3n) is 4.14. The number of rotatable bonds is 3. The summed E-state index contributed by atoms with van der Waals surface area (Å²) in [6, 6.07) is 15.6. The zero-order valence-electron chi connectivity index (χ0n) is 14.4. The number of pyridine rings is 1. The first-order chi connectivity index (χ1) is 13.5. The van der Waals surface area contributed by atoms with E-state index in [4.69, 9.17) is 11.6 Å². The molecule has 0 amide bonds. The molecule has 0 saturated carbocycles. The van der Waals surface area contributed by atoms with Crippen LogP contribution in [-0.4, -0.2) is 19.6 Å². The molecule has 0 bridgehead atoms. The predicted octanol–water partition coefficient (Wildman–Crippen LogP) is 4.63. The Morgan fingerprint density at radius 1 is 1.11 bits per heavy atom. The van der Waals surface area contributed by atoms with Crippen molar-refractivity contribution in [3.63, 3.8) is 0 Å². The fraction of sp³-hybridized carbons (Fsp3) is 0. The molecule has 2 aromatic carbocycles. The van der Waals surface area contributed by atoms with E-state index in [-0.39, 0.29) is 17.0 Å². The highest BCUT2D eigenvalue weighted by atomic mass is 35.5. The average molecular weight is 394 g/mol. The van der Waals surface area contributed by atoms with Gasteiger partial charge in [0, 0.05) is 12.3 Å². The molecule has 7 heteroatoms. The van der Waals surface area contributed by atoms with Gasteiger partial charge in [-0.1, -0.05) is 29.8 Å². The molecule has 0 fully saturated rings. The number of aromatic nitrogens is 3. The monoisotopic (exact) mass is 393 g/mol. The topological polar surface area (TPSA) is 68.0 Å². The van der Waals surface area contributed by atoms with Crippen molar-refractivity contribution in [3.8, 4) is 5.69 Å². The minimum absolute atomic E-state index is 0.106. The Hall–Kier alpha value is -3.51. The van der Waals surface area contributed by atoms with E-state index in [9.17, 15) is 14.3 Å². The Morgan fingerprint density at radius 2 is 1.89 bits per heavy atom. The van der Waals surface area contributed by atoms with Crippen molar-refractivity contribution >= 4 is 34.3 Å². The number of hydrogen-bond acceptors (Lipinski definition) is 4. The zero-order valence-corrected chi connectivity index (χ0v) is 15.1. The van der Waals surface area contributed by atoms with Gasteiger partial charge >= 0.3 is 0 Å². The highest BCUT2D eigenvalue weighted by molar-refractivity contribution is 6.32. The molecule has 5 nitrogen and oxygen atoms in total. The summed E-state index contributed by atoms with van der Waals surface area (Å²) in [5.74, 6) is -0.577. The molecular formula is C21H13ClFN3O2. The SMILES string of the molecule is O=c1c2cc(F)ccc2nc(C=C(O)c2ccccn2)n1-c1ccccc1Cl. The van der Waals surface area contributed by atoms with Gasteiger partial charge in [-0.25, -0.2) is 9.37 Å². The van der Waals surface area contributed by atoms with Crippen LogP contribution in [0.3, 0.4) is 0 Å². The fourth-order valence-electron chi connectivity index (χ4n) is 2.85. The summed E-state index contributed by atoms with van der Waals surface area (Å²) < 4.78 is 14.9. The van der Waals surface area contributed by atoms with Crippen molar-refractivity contribution in [2.45, 2.75) is 0 Å². The zero-order chi connectivity index (χ0) is 19.7. The number of aliphatic hydroxyl groups excluding tert-OH is 1. The first kappa shape index (κ1) is 17.9. The Balaban J connectivity index is 2.05. The van der Waals surface area contributed by atoms with Crippen molar-refractivity contribution in [3.05, 3.63) is 99.6 Å². The van der Waals surface area contributed by atoms with Gasteiger partial charge in [-0.2, -0.15) is 0 Å². The van der Waals surface area contributed by atoms with Crippen LogP contribution >= 0.6 is 11.6 Å². The van der Waals surface area contributed by atoms with Crippen LogP contribution in [0.4, 0.5) is 4.39 Å². The molecule has 0 atom stereocenters. The van der Waals surface area contributed by atoms with Crippen LogP contribution in [0, 0.1) is 5.82 Å². The average Bonchev–Trinajstić information content (AvgIpc) is 2.70. The van der Waals surface area contributed by atoms with E-state index < -0.39 is 11.4 Å². The first-order valence-electron chi connectivity index (χ1n) is 8.34. The van der Waals surface area contributed by atoms with Gasteiger partial charge in [0.1, 0.15) is 23.1 Å². The minimum Gasteiger partial charge on any atom is -0.506 e. The van der Waals surface area contributed by atoms with Gasteiger partial charge in [0.05, 0.1) is 21.6 Å². The molecule has 0 aliphatic heterocycles. The van der Waals surface area contributed by atoms with Gasteiger partial charge in [0.2, 0.25) is 0 Å². The lowest BCUT2D eigenvalue weighted by Gasteiger charge is -2.13. The summed E-state index contributed by atoms with van der Waals surface area (Å²) in [5, 5.41) is 10.9. The summed E-state index contributed by atoms with van der Waals surface area (Å²) in [4.78, 5) is 21.7. The van der Waals surface area contributed by atoms with E-state index in [2.05, 4.69) is 9.97 Å². The molecule has 2 heterocycles. The van der Waals surface area contributed by atoms with Crippen LogP contribution in [0.2, 0.25) is 5.02 Å². The van der Waals surface area contributed by atoms with Crippen LogP contribution in [0.5, 0.6) is 0 Å². The molecular weight excluding hydrogens is 381 g/mol. The number of para-hydroxylation sites is 1. The molecule has 2 aromatic heterocycles. The smallest absolute Gasteiger partial charge is 0.266 e. The summed E-state index contributed by atoms with van der Waals surface area (Å²) in [7, 11) is 0. The maximum absolute atomic E-state index is 13.7. The summed E-state index contributed by atoms with van der Waals surface area (Å²) in [6.45, 7) is 0. The summed E-state index contributed by atoms with van der Waals surface area (Å²) >= 11 is 6.28. The summed E-state index contributed by atoms with van der Waals surface area (Å²) in [6.07, 6.45) is 2.87. The van der Waals surface area contributed by atoms with Crippen molar-refractivity contribution < 1.29 is 9.50 Å². The molecule has 0 aliphatic carbocycles. The van der Waals surface area contributed by atoms with Gasteiger partial charge in [0.15, 0.2) is 0 Å². The van der Waals surface area contributed by atoms with Crippen molar-refractivity contribution in [1.82, 2.24) is 14.5 Å². The van der Waals surface area contributed by atoms with Gasteiger partial charge < -0.3 is 5.11 Å². The number of hydrogen-bond donors (Lipinski definition) is 1. The van der Waals surface area contributed by atoms with Crippen LogP contribution in [0.15, 0.2) is 71.7 Å². The maximum Gasteiger partial charge on any atom is 0.266 e. The lowest BCUT2D eigenvalue weighted by atomic mass is 10.2. The van der Waals surface area contributed by atoms with E-state index >= 15 is 0 Å². The fourth-order valence-corrected chi connectivity index (χ4v) is 3.07. The van der Waals surface area contributed by atoms with Gasteiger partial charge in [-0.15, -0.1) is 0 Å². The molecule has 28 heavy (non-hydrogen) atoms. The van der Waals surface area contributed by atoms with Crippen LogP contribution < -0.4 is 5.56 Å². The Kier molecular flexibility index (Phi) is 4.63. The molecule has 4 aromatic rings. The Bertz CT molecular complexity index is 1270. The Morgan fingerprint density at radius 3 is 2.64 bits per heavy atom. The first-order valence-corrected chi connectivity index (χ1v) is 8.71. The van der Waals surface area contributed by atoms with E-state index in [0.717, 1.165) is 6.07 Å². The number of aliphatic hydroxyl groups is 1. The molecule has 0 saturated heterocycles. The molecule has 4 rings (SSSR count).